The van der Waals surface area contributed by atoms with Gasteiger partial charge in [0.1, 0.15) is 5.75 Å². The summed E-state index contributed by atoms with van der Waals surface area (Å²) in [4.78, 5) is 18.9. The number of amides is 1. The molecule has 7 heteroatoms. The van der Waals surface area contributed by atoms with Gasteiger partial charge in [-0.1, -0.05) is 36.7 Å². The van der Waals surface area contributed by atoms with Crippen LogP contribution in [0.15, 0.2) is 47.0 Å². The van der Waals surface area contributed by atoms with Gasteiger partial charge in [0, 0.05) is 29.2 Å². The number of anilines is 1. The molecule has 0 radical (unpaired) electrons. The maximum atomic E-state index is 12.6. The highest BCUT2D eigenvalue weighted by Gasteiger charge is 2.35. The topological polar surface area (TPSA) is 68.5 Å². The SMILES string of the molecule is Cc1ccc(Cl)cc1N1CC(c2nc(-c3ccc(OCC(C)C)cc3)no2)CC1=O. The number of hydrogen-bond acceptors (Lipinski definition) is 5. The van der Waals surface area contributed by atoms with Gasteiger partial charge in [-0.25, -0.2) is 0 Å². The van der Waals surface area contributed by atoms with E-state index in [9.17, 15) is 4.79 Å². The Morgan fingerprint density at radius 2 is 2.00 bits per heavy atom. The van der Waals surface area contributed by atoms with Crippen molar-refractivity contribution in [1.82, 2.24) is 10.1 Å². The predicted molar refractivity (Wildman–Crippen MR) is 116 cm³/mol. The molecule has 2 heterocycles. The molecule has 1 atom stereocenters. The Bertz CT molecular complexity index is 1050. The van der Waals surface area contributed by atoms with Gasteiger partial charge in [0.25, 0.3) is 0 Å². The first-order valence-corrected chi connectivity index (χ1v) is 10.4. The summed E-state index contributed by atoms with van der Waals surface area (Å²) >= 11 is 6.13. The summed E-state index contributed by atoms with van der Waals surface area (Å²) in [7, 11) is 0. The number of carbonyl (C=O) groups is 1. The van der Waals surface area contributed by atoms with Gasteiger partial charge < -0.3 is 14.2 Å². The number of rotatable bonds is 6. The zero-order valence-corrected chi connectivity index (χ0v) is 18.0. The predicted octanol–water partition coefficient (Wildman–Crippen LogP) is 5.25. The van der Waals surface area contributed by atoms with Crippen molar-refractivity contribution in [3.63, 3.8) is 0 Å². The second kappa shape index (κ2) is 8.48. The van der Waals surface area contributed by atoms with E-state index in [1.165, 1.54) is 0 Å². The third-order valence-corrected chi connectivity index (χ3v) is 5.31. The zero-order chi connectivity index (χ0) is 21.3. The van der Waals surface area contributed by atoms with Crippen LogP contribution in [0.3, 0.4) is 0 Å². The molecule has 0 spiro atoms. The molecule has 30 heavy (non-hydrogen) atoms. The standard InChI is InChI=1S/C23H24ClN3O3/c1-14(2)13-29-19-8-5-16(6-9-19)22-25-23(30-26-22)17-10-21(28)27(12-17)20-11-18(24)7-4-15(20)3/h4-9,11,14,17H,10,12-13H2,1-3H3. The fraction of sp³-hybridized carbons (Fsp3) is 0.348. The lowest BCUT2D eigenvalue weighted by molar-refractivity contribution is -0.117. The third-order valence-electron chi connectivity index (χ3n) is 5.07. The first kappa shape index (κ1) is 20.4. The van der Waals surface area contributed by atoms with Gasteiger partial charge in [-0.2, -0.15) is 4.98 Å². The van der Waals surface area contributed by atoms with Crippen molar-refractivity contribution in [1.29, 1.82) is 0 Å². The molecule has 1 saturated heterocycles. The average Bonchev–Trinajstić information content (AvgIpc) is 3.36. The molecule has 1 fully saturated rings. The lowest BCUT2D eigenvalue weighted by atomic mass is 10.1. The van der Waals surface area contributed by atoms with Crippen molar-refractivity contribution in [3.8, 4) is 17.1 Å². The summed E-state index contributed by atoms with van der Waals surface area (Å²) in [5.74, 6) is 2.13. The van der Waals surface area contributed by atoms with Crippen molar-refractivity contribution in [2.24, 2.45) is 5.92 Å². The fourth-order valence-corrected chi connectivity index (χ4v) is 3.63. The summed E-state index contributed by atoms with van der Waals surface area (Å²) < 4.78 is 11.2. The van der Waals surface area contributed by atoms with E-state index < -0.39 is 0 Å². The summed E-state index contributed by atoms with van der Waals surface area (Å²) in [6, 6.07) is 13.2. The van der Waals surface area contributed by atoms with E-state index in [1.54, 1.807) is 4.90 Å². The number of nitrogens with zero attached hydrogens (tertiary/aromatic N) is 3. The van der Waals surface area contributed by atoms with Gasteiger partial charge >= 0.3 is 0 Å². The molecule has 156 valence electrons. The Hall–Kier alpha value is -2.86. The van der Waals surface area contributed by atoms with Gasteiger partial charge in [0.15, 0.2) is 0 Å². The second-order valence-corrected chi connectivity index (χ2v) is 8.46. The van der Waals surface area contributed by atoms with Crippen LogP contribution in [0.5, 0.6) is 5.75 Å². The van der Waals surface area contributed by atoms with E-state index in [-0.39, 0.29) is 11.8 Å². The molecule has 1 unspecified atom stereocenters. The fourth-order valence-electron chi connectivity index (χ4n) is 3.46. The van der Waals surface area contributed by atoms with Gasteiger partial charge in [0.05, 0.1) is 12.5 Å². The third kappa shape index (κ3) is 4.33. The van der Waals surface area contributed by atoms with Crippen LogP contribution in [-0.2, 0) is 4.79 Å². The molecule has 0 aliphatic carbocycles. The van der Waals surface area contributed by atoms with Crippen LogP contribution in [0.2, 0.25) is 5.02 Å². The van der Waals surface area contributed by atoms with E-state index in [0.29, 0.717) is 42.2 Å². The van der Waals surface area contributed by atoms with Gasteiger partial charge in [-0.15, -0.1) is 0 Å². The van der Waals surface area contributed by atoms with E-state index in [2.05, 4.69) is 24.0 Å². The molecule has 0 saturated carbocycles. The Balaban J connectivity index is 1.48. The van der Waals surface area contributed by atoms with Crippen molar-refractivity contribution in [2.75, 3.05) is 18.1 Å². The van der Waals surface area contributed by atoms with Crippen LogP contribution in [0.25, 0.3) is 11.4 Å². The molecule has 3 aromatic rings. The summed E-state index contributed by atoms with van der Waals surface area (Å²) in [5, 5.41) is 4.72. The first-order chi connectivity index (χ1) is 14.4. The van der Waals surface area contributed by atoms with Gasteiger partial charge in [-0.05, 0) is 54.8 Å². The molecule has 2 aromatic carbocycles. The summed E-state index contributed by atoms with van der Waals surface area (Å²) in [5.41, 5.74) is 2.67. The minimum atomic E-state index is -0.147. The molecule has 1 aromatic heterocycles. The largest absolute Gasteiger partial charge is 0.493 e. The van der Waals surface area contributed by atoms with E-state index in [1.807, 2.05) is 49.4 Å². The van der Waals surface area contributed by atoms with E-state index in [0.717, 1.165) is 22.6 Å². The first-order valence-electron chi connectivity index (χ1n) is 10.0. The quantitative estimate of drug-likeness (QED) is 0.539. The molecule has 0 bridgehead atoms. The maximum Gasteiger partial charge on any atom is 0.232 e. The Labute approximate surface area is 180 Å². The van der Waals surface area contributed by atoms with Crippen LogP contribution in [0.4, 0.5) is 5.69 Å². The number of ether oxygens (including phenoxy) is 1. The molecule has 6 nitrogen and oxygen atoms in total. The molecular weight excluding hydrogens is 402 g/mol. The van der Waals surface area contributed by atoms with Crippen molar-refractivity contribution < 1.29 is 14.1 Å². The lowest BCUT2D eigenvalue weighted by Gasteiger charge is -2.18. The molecule has 1 amide bonds. The smallest absolute Gasteiger partial charge is 0.232 e. The highest BCUT2D eigenvalue weighted by atomic mass is 35.5. The number of aromatic nitrogens is 2. The average molecular weight is 426 g/mol. The van der Waals surface area contributed by atoms with Crippen LogP contribution >= 0.6 is 11.6 Å². The molecular formula is C23H24ClN3O3. The number of carbonyl (C=O) groups excluding carboxylic acids is 1. The van der Waals surface area contributed by atoms with Crippen LogP contribution in [0, 0.1) is 12.8 Å². The highest BCUT2D eigenvalue weighted by Crippen LogP contribution is 2.34. The van der Waals surface area contributed by atoms with E-state index >= 15 is 0 Å². The highest BCUT2D eigenvalue weighted by molar-refractivity contribution is 6.31. The monoisotopic (exact) mass is 425 g/mol. The zero-order valence-electron chi connectivity index (χ0n) is 17.3. The van der Waals surface area contributed by atoms with Crippen molar-refractivity contribution in [2.45, 2.75) is 33.1 Å². The number of hydrogen-bond donors (Lipinski definition) is 0. The summed E-state index contributed by atoms with van der Waals surface area (Å²) in [6.45, 7) is 7.34. The minimum absolute atomic E-state index is 0.0248. The molecule has 0 N–H and O–H groups in total. The minimum Gasteiger partial charge on any atom is -0.493 e. The van der Waals surface area contributed by atoms with Crippen molar-refractivity contribution in [3.05, 3.63) is 58.9 Å². The van der Waals surface area contributed by atoms with Gasteiger partial charge in [-0.3, -0.25) is 4.79 Å². The lowest BCUT2D eigenvalue weighted by Crippen LogP contribution is -2.25. The normalized spacial score (nSPS) is 16.5. The Kier molecular flexibility index (Phi) is 5.77. The molecule has 1 aliphatic heterocycles. The van der Waals surface area contributed by atoms with Crippen LogP contribution in [0.1, 0.15) is 37.6 Å². The maximum absolute atomic E-state index is 12.6. The number of aryl methyl sites for hydroxylation is 1. The van der Waals surface area contributed by atoms with E-state index in [4.69, 9.17) is 20.9 Å². The molecule has 4 rings (SSSR count). The van der Waals surface area contributed by atoms with Crippen LogP contribution < -0.4 is 9.64 Å². The summed E-state index contributed by atoms with van der Waals surface area (Å²) in [6.07, 6.45) is 0.329. The number of halogens is 1. The molecule has 1 aliphatic rings. The van der Waals surface area contributed by atoms with Gasteiger partial charge in [0.2, 0.25) is 17.6 Å². The Morgan fingerprint density at radius 1 is 1.23 bits per heavy atom. The van der Waals surface area contributed by atoms with Crippen LogP contribution in [-0.4, -0.2) is 29.2 Å². The van der Waals surface area contributed by atoms with Crippen molar-refractivity contribution >= 4 is 23.2 Å². The second-order valence-electron chi connectivity index (χ2n) is 8.02. The Morgan fingerprint density at radius 3 is 2.73 bits per heavy atom. The number of benzene rings is 2.